The number of nitrogens with one attached hydrogen (secondary N) is 1. The van der Waals surface area contributed by atoms with Gasteiger partial charge in [-0.2, -0.15) is 0 Å². The standard InChI is InChI=1S/C15H26N2O2S/c1-4-15(3,5-2)17-20(18,19)14-10-8-13(9-11-14)7-6-12-16/h8-11,17H,4-7,12,16H2,1-3H3. The summed E-state index contributed by atoms with van der Waals surface area (Å²) in [6.07, 6.45) is 3.31. The van der Waals surface area contributed by atoms with E-state index in [1.165, 1.54) is 0 Å². The Morgan fingerprint density at radius 3 is 2.15 bits per heavy atom. The van der Waals surface area contributed by atoms with Crippen LogP contribution in [0.1, 0.15) is 45.6 Å². The largest absolute Gasteiger partial charge is 0.330 e. The van der Waals surface area contributed by atoms with E-state index in [-0.39, 0.29) is 0 Å². The van der Waals surface area contributed by atoms with Crippen molar-refractivity contribution >= 4 is 10.0 Å². The van der Waals surface area contributed by atoms with E-state index in [9.17, 15) is 8.42 Å². The Hall–Kier alpha value is -0.910. The molecule has 0 fully saturated rings. The van der Waals surface area contributed by atoms with E-state index in [1.54, 1.807) is 12.1 Å². The molecule has 114 valence electrons. The zero-order valence-corrected chi connectivity index (χ0v) is 13.5. The van der Waals surface area contributed by atoms with Gasteiger partial charge in [-0.05, 0) is 56.8 Å². The van der Waals surface area contributed by atoms with E-state index in [1.807, 2.05) is 32.9 Å². The van der Waals surface area contributed by atoms with E-state index in [2.05, 4.69) is 4.72 Å². The SMILES string of the molecule is CCC(C)(CC)NS(=O)(=O)c1ccc(CCCN)cc1. The maximum Gasteiger partial charge on any atom is 0.241 e. The van der Waals surface area contributed by atoms with E-state index >= 15 is 0 Å². The second-order valence-electron chi connectivity index (χ2n) is 5.41. The molecule has 0 aliphatic rings. The van der Waals surface area contributed by atoms with Gasteiger partial charge < -0.3 is 5.73 Å². The molecule has 3 N–H and O–H groups in total. The minimum Gasteiger partial charge on any atom is -0.330 e. The highest BCUT2D eigenvalue weighted by atomic mass is 32.2. The van der Waals surface area contributed by atoms with Crippen LogP contribution in [0.3, 0.4) is 0 Å². The fourth-order valence-corrected chi connectivity index (χ4v) is 3.47. The first-order valence-corrected chi connectivity index (χ1v) is 8.68. The first-order chi connectivity index (χ1) is 9.37. The fraction of sp³-hybridized carbons (Fsp3) is 0.600. The molecule has 0 spiro atoms. The second-order valence-corrected chi connectivity index (χ2v) is 7.09. The zero-order valence-electron chi connectivity index (χ0n) is 12.6. The summed E-state index contributed by atoms with van der Waals surface area (Å²) in [6.45, 7) is 6.55. The Labute approximate surface area is 122 Å². The molecule has 0 amide bonds. The van der Waals surface area contributed by atoms with Crippen molar-refractivity contribution in [3.63, 3.8) is 0 Å². The van der Waals surface area contributed by atoms with Gasteiger partial charge in [-0.1, -0.05) is 26.0 Å². The van der Waals surface area contributed by atoms with Gasteiger partial charge in [0.15, 0.2) is 0 Å². The predicted octanol–water partition coefficient (Wildman–Crippen LogP) is 2.43. The summed E-state index contributed by atoms with van der Waals surface area (Å²) in [6, 6.07) is 7.05. The molecule has 1 rings (SSSR count). The molecule has 0 aliphatic heterocycles. The lowest BCUT2D eigenvalue weighted by molar-refractivity contribution is 0.388. The average Bonchev–Trinajstić information content (AvgIpc) is 2.45. The lowest BCUT2D eigenvalue weighted by Gasteiger charge is -2.27. The highest BCUT2D eigenvalue weighted by Crippen LogP contribution is 2.19. The molecule has 0 aliphatic carbocycles. The Morgan fingerprint density at radius 1 is 1.15 bits per heavy atom. The Kier molecular flexibility index (Phi) is 6.17. The lowest BCUT2D eigenvalue weighted by atomic mass is 9.98. The second kappa shape index (κ2) is 7.20. The Morgan fingerprint density at radius 2 is 1.70 bits per heavy atom. The van der Waals surface area contributed by atoms with E-state index in [0.717, 1.165) is 31.2 Å². The van der Waals surface area contributed by atoms with Crippen LogP contribution in [0.5, 0.6) is 0 Å². The summed E-state index contributed by atoms with van der Waals surface area (Å²) in [5.74, 6) is 0. The molecule has 0 aromatic heterocycles. The fourth-order valence-electron chi connectivity index (χ4n) is 1.92. The van der Waals surface area contributed by atoms with Gasteiger partial charge in [-0.25, -0.2) is 13.1 Å². The molecule has 0 saturated heterocycles. The number of hydrogen-bond acceptors (Lipinski definition) is 3. The Bertz CT molecular complexity index is 505. The number of nitrogens with two attached hydrogens (primary N) is 1. The number of benzene rings is 1. The normalized spacial score (nSPS) is 12.6. The van der Waals surface area contributed by atoms with Crippen molar-refractivity contribution in [3.8, 4) is 0 Å². The lowest BCUT2D eigenvalue weighted by Crippen LogP contribution is -2.44. The summed E-state index contributed by atoms with van der Waals surface area (Å²) >= 11 is 0. The first-order valence-electron chi connectivity index (χ1n) is 7.20. The molecule has 0 radical (unpaired) electrons. The predicted molar refractivity (Wildman–Crippen MR) is 83.1 cm³/mol. The van der Waals surface area contributed by atoms with Crippen molar-refractivity contribution in [2.24, 2.45) is 5.73 Å². The van der Waals surface area contributed by atoms with Crippen molar-refractivity contribution in [1.82, 2.24) is 4.72 Å². The van der Waals surface area contributed by atoms with Crippen LogP contribution in [0.2, 0.25) is 0 Å². The van der Waals surface area contributed by atoms with Crippen LogP contribution < -0.4 is 10.5 Å². The van der Waals surface area contributed by atoms with E-state index in [0.29, 0.717) is 11.4 Å². The number of rotatable bonds is 8. The molecule has 0 saturated carbocycles. The molecular formula is C15H26N2O2S. The Balaban J connectivity index is 2.88. The third-order valence-electron chi connectivity index (χ3n) is 3.84. The summed E-state index contributed by atoms with van der Waals surface area (Å²) in [4.78, 5) is 0.321. The first kappa shape index (κ1) is 17.1. The van der Waals surface area contributed by atoms with Gasteiger partial charge >= 0.3 is 0 Å². The smallest absolute Gasteiger partial charge is 0.241 e. The van der Waals surface area contributed by atoms with Crippen LogP contribution in [-0.4, -0.2) is 20.5 Å². The molecule has 20 heavy (non-hydrogen) atoms. The molecule has 5 heteroatoms. The molecular weight excluding hydrogens is 272 g/mol. The van der Waals surface area contributed by atoms with Gasteiger partial charge in [0.2, 0.25) is 10.0 Å². The summed E-state index contributed by atoms with van der Waals surface area (Å²) in [5, 5.41) is 0. The summed E-state index contributed by atoms with van der Waals surface area (Å²) in [5.41, 5.74) is 6.19. The van der Waals surface area contributed by atoms with E-state index < -0.39 is 15.6 Å². The van der Waals surface area contributed by atoms with Crippen molar-refractivity contribution < 1.29 is 8.42 Å². The zero-order chi connectivity index (χ0) is 15.2. The van der Waals surface area contributed by atoms with Crippen LogP contribution in [0.4, 0.5) is 0 Å². The van der Waals surface area contributed by atoms with Gasteiger partial charge in [0.25, 0.3) is 0 Å². The molecule has 1 aromatic carbocycles. The molecule has 0 bridgehead atoms. The third kappa shape index (κ3) is 4.58. The van der Waals surface area contributed by atoms with Gasteiger partial charge in [-0.3, -0.25) is 0 Å². The topological polar surface area (TPSA) is 72.2 Å². The van der Waals surface area contributed by atoms with Crippen molar-refractivity contribution in [2.45, 2.75) is 56.9 Å². The van der Waals surface area contributed by atoms with Crippen LogP contribution in [0, 0.1) is 0 Å². The molecule has 0 atom stereocenters. The van der Waals surface area contributed by atoms with Crippen molar-refractivity contribution in [3.05, 3.63) is 29.8 Å². The molecule has 1 aromatic rings. The average molecular weight is 298 g/mol. The van der Waals surface area contributed by atoms with Crippen molar-refractivity contribution in [1.29, 1.82) is 0 Å². The number of aryl methyl sites for hydroxylation is 1. The van der Waals surface area contributed by atoms with Gasteiger partial charge in [0.05, 0.1) is 4.90 Å². The molecule has 0 heterocycles. The summed E-state index contributed by atoms with van der Waals surface area (Å²) < 4.78 is 27.5. The number of sulfonamides is 1. The minimum absolute atomic E-state index is 0.321. The van der Waals surface area contributed by atoms with E-state index in [4.69, 9.17) is 5.73 Å². The van der Waals surface area contributed by atoms with Gasteiger partial charge in [0.1, 0.15) is 0 Å². The highest BCUT2D eigenvalue weighted by Gasteiger charge is 2.27. The highest BCUT2D eigenvalue weighted by molar-refractivity contribution is 7.89. The van der Waals surface area contributed by atoms with Crippen molar-refractivity contribution in [2.75, 3.05) is 6.54 Å². The third-order valence-corrected chi connectivity index (χ3v) is 5.50. The molecule has 0 unspecified atom stereocenters. The molecule has 4 nitrogen and oxygen atoms in total. The minimum atomic E-state index is -3.45. The van der Waals surface area contributed by atoms with Gasteiger partial charge in [-0.15, -0.1) is 0 Å². The quantitative estimate of drug-likeness (QED) is 0.774. The van der Waals surface area contributed by atoms with Crippen LogP contribution >= 0.6 is 0 Å². The van der Waals surface area contributed by atoms with Crippen LogP contribution in [-0.2, 0) is 16.4 Å². The number of hydrogen-bond donors (Lipinski definition) is 2. The summed E-state index contributed by atoms with van der Waals surface area (Å²) in [7, 11) is -3.45. The maximum atomic E-state index is 12.4. The van der Waals surface area contributed by atoms with Gasteiger partial charge in [0, 0.05) is 5.54 Å². The van der Waals surface area contributed by atoms with Crippen LogP contribution in [0.25, 0.3) is 0 Å². The monoisotopic (exact) mass is 298 g/mol. The maximum absolute atomic E-state index is 12.4. The van der Waals surface area contributed by atoms with Crippen LogP contribution in [0.15, 0.2) is 29.2 Å².